The maximum absolute atomic E-state index is 5.58. The van der Waals surface area contributed by atoms with Gasteiger partial charge in [-0.05, 0) is 49.2 Å². The van der Waals surface area contributed by atoms with Gasteiger partial charge in [-0.25, -0.2) is 9.98 Å². The fourth-order valence-electron chi connectivity index (χ4n) is 2.46. The van der Waals surface area contributed by atoms with Gasteiger partial charge in [0.2, 0.25) is 0 Å². The molecule has 4 rings (SSSR count). The molecule has 0 aromatic heterocycles. The van der Waals surface area contributed by atoms with Crippen LogP contribution in [0.5, 0.6) is 0 Å². The van der Waals surface area contributed by atoms with Gasteiger partial charge in [-0.15, -0.1) is 11.8 Å². The summed E-state index contributed by atoms with van der Waals surface area (Å²) < 4.78 is 6.67. The molecule has 0 radical (unpaired) electrons. The normalized spacial score (nSPS) is 15.7. The lowest BCUT2D eigenvalue weighted by molar-refractivity contribution is 0.338. The summed E-state index contributed by atoms with van der Waals surface area (Å²) in [6.45, 7) is 2.62. The summed E-state index contributed by atoms with van der Waals surface area (Å²) in [7, 11) is 0. The van der Waals surface area contributed by atoms with Crippen molar-refractivity contribution in [2.45, 2.75) is 16.7 Å². The van der Waals surface area contributed by atoms with E-state index in [1.165, 1.54) is 20.6 Å². The van der Waals surface area contributed by atoms with Crippen LogP contribution in [0.1, 0.15) is 6.92 Å². The number of nitrogens with zero attached hydrogens (tertiary/aromatic N) is 2. The first kappa shape index (κ1) is 13.5. The molecule has 2 heterocycles. The molecule has 3 nitrogen and oxygen atoms in total. The number of hydrogen-bond donors (Lipinski definition) is 0. The Morgan fingerprint density at radius 2 is 1.67 bits per heavy atom. The van der Waals surface area contributed by atoms with Crippen molar-refractivity contribution in [3.05, 3.63) is 24.3 Å². The monoisotopic (exact) mass is 332 g/mol. The summed E-state index contributed by atoms with van der Waals surface area (Å²) in [5.41, 5.74) is 2.03. The third kappa shape index (κ3) is 2.17. The van der Waals surface area contributed by atoms with Gasteiger partial charge in [0.05, 0.1) is 18.0 Å². The zero-order chi connectivity index (χ0) is 14.4. The second-order valence-corrected chi connectivity index (χ2v) is 7.59. The van der Waals surface area contributed by atoms with Crippen LogP contribution < -0.4 is 0 Å². The van der Waals surface area contributed by atoms with Crippen LogP contribution in [0, 0.1) is 0 Å². The molecule has 0 aliphatic carbocycles. The van der Waals surface area contributed by atoms with Crippen LogP contribution in [0.3, 0.4) is 0 Å². The number of benzene rings is 2. The third-order valence-corrected chi connectivity index (χ3v) is 6.26. The van der Waals surface area contributed by atoms with E-state index < -0.39 is 0 Å². The highest BCUT2D eigenvalue weighted by atomic mass is 32.2. The first-order valence-corrected chi connectivity index (χ1v) is 9.45. The molecule has 0 bridgehead atoms. The predicted octanol–water partition coefficient (Wildman–Crippen LogP) is 5.43. The Bertz CT molecular complexity index is 814. The third-order valence-electron chi connectivity index (χ3n) is 3.30. The standard InChI is InChI=1S/C15H12N2OS3/c1-3-18-14-16-8-4-7-11-13-9(17-15(19-2)21-11)5-6-10(20-14)12(8)13/h4-7H,3H2,1-2H3. The average molecular weight is 332 g/mol. The summed E-state index contributed by atoms with van der Waals surface area (Å²) in [4.78, 5) is 11.8. The molecule has 2 aliphatic rings. The Kier molecular flexibility index (Phi) is 3.40. The lowest BCUT2D eigenvalue weighted by Gasteiger charge is -2.21. The van der Waals surface area contributed by atoms with Gasteiger partial charge in [-0.2, -0.15) is 0 Å². The van der Waals surface area contributed by atoms with Gasteiger partial charge < -0.3 is 4.74 Å². The molecular weight excluding hydrogens is 320 g/mol. The predicted molar refractivity (Wildman–Crippen MR) is 95.0 cm³/mol. The Morgan fingerprint density at radius 3 is 2.33 bits per heavy atom. The molecule has 0 spiro atoms. The fourth-order valence-corrected chi connectivity index (χ4v) is 4.98. The highest BCUT2D eigenvalue weighted by Crippen LogP contribution is 2.50. The lowest BCUT2D eigenvalue weighted by atomic mass is 10.1. The minimum absolute atomic E-state index is 0.637. The second-order valence-electron chi connectivity index (χ2n) is 4.51. The van der Waals surface area contributed by atoms with Crippen molar-refractivity contribution in [1.29, 1.82) is 0 Å². The van der Waals surface area contributed by atoms with E-state index in [-0.39, 0.29) is 0 Å². The van der Waals surface area contributed by atoms with Gasteiger partial charge in [0, 0.05) is 20.6 Å². The maximum atomic E-state index is 5.58. The highest BCUT2D eigenvalue weighted by molar-refractivity contribution is 8.38. The van der Waals surface area contributed by atoms with Crippen LogP contribution in [0.15, 0.2) is 44.0 Å². The molecule has 0 saturated carbocycles. The van der Waals surface area contributed by atoms with Gasteiger partial charge in [-0.3, -0.25) is 0 Å². The first-order chi connectivity index (χ1) is 10.3. The van der Waals surface area contributed by atoms with Crippen LogP contribution in [-0.4, -0.2) is 22.5 Å². The molecule has 0 saturated heterocycles. The average Bonchev–Trinajstić information content (AvgIpc) is 2.52. The topological polar surface area (TPSA) is 34.0 Å². The van der Waals surface area contributed by atoms with Crippen LogP contribution in [-0.2, 0) is 4.74 Å². The van der Waals surface area contributed by atoms with Crippen LogP contribution >= 0.6 is 35.3 Å². The van der Waals surface area contributed by atoms with Crippen LogP contribution in [0.25, 0.3) is 10.8 Å². The zero-order valence-electron chi connectivity index (χ0n) is 11.5. The summed E-state index contributed by atoms with van der Waals surface area (Å²) in [6, 6.07) is 8.45. The molecule has 2 aromatic carbocycles. The SMILES string of the molecule is CCOC1=Nc2ccc3c4c(ccc(c24)S1)N=C(SC)S3. The van der Waals surface area contributed by atoms with Crippen molar-refractivity contribution in [1.82, 2.24) is 0 Å². The van der Waals surface area contributed by atoms with Crippen LogP contribution in [0.4, 0.5) is 11.4 Å². The van der Waals surface area contributed by atoms with Gasteiger partial charge in [-0.1, -0.05) is 11.8 Å². The number of hydrogen-bond acceptors (Lipinski definition) is 6. The van der Waals surface area contributed by atoms with E-state index in [2.05, 4.69) is 35.5 Å². The Labute approximate surface area is 135 Å². The largest absolute Gasteiger partial charge is 0.473 e. The van der Waals surface area contributed by atoms with Gasteiger partial charge in [0.1, 0.15) is 4.38 Å². The lowest BCUT2D eigenvalue weighted by Crippen LogP contribution is -2.03. The molecule has 6 heteroatoms. The van der Waals surface area contributed by atoms with E-state index in [1.807, 2.05) is 6.92 Å². The number of rotatable bonds is 1. The summed E-state index contributed by atoms with van der Waals surface area (Å²) in [5, 5.41) is 3.15. The van der Waals surface area contributed by atoms with E-state index in [9.17, 15) is 0 Å². The molecule has 0 fully saturated rings. The highest BCUT2D eigenvalue weighted by Gasteiger charge is 2.23. The van der Waals surface area contributed by atoms with Gasteiger partial charge in [0.15, 0.2) is 0 Å². The molecule has 2 aliphatic heterocycles. The van der Waals surface area contributed by atoms with Crippen molar-refractivity contribution in [3.63, 3.8) is 0 Å². The molecule has 0 atom stereocenters. The Balaban J connectivity index is 1.98. The van der Waals surface area contributed by atoms with E-state index >= 15 is 0 Å². The van der Waals surface area contributed by atoms with Crippen molar-refractivity contribution in [2.75, 3.05) is 12.9 Å². The van der Waals surface area contributed by atoms with Crippen molar-refractivity contribution in [2.24, 2.45) is 9.98 Å². The first-order valence-electron chi connectivity index (χ1n) is 6.59. The summed E-state index contributed by atoms with van der Waals surface area (Å²) in [6.07, 6.45) is 2.06. The fraction of sp³-hybridized carbons (Fsp3) is 0.200. The molecule has 2 aromatic rings. The summed E-state index contributed by atoms with van der Waals surface area (Å²) in [5.74, 6) is 0. The molecule has 0 N–H and O–H groups in total. The quantitative estimate of drug-likeness (QED) is 0.697. The molecular formula is C15H12N2OS3. The minimum Gasteiger partial charge on any atom is -0.473 e. The number of aliphatic imine (C=N–C) groups is 2. The van der Waals surface area contributed by atoms with E-state index in [1.54, 1.807) is 35.3 Å². The zero-order valence-corrected chi connectivity index (χ0v) is 14.0. The van der Waals surface area contributed by atoms with Crippen molar-refractivity contribution in [3.8, 4) is 0 Å². The van der Waals surface area contributed by atoms with E-state index in [4.69, 9.17) is 9.73 Å². The molecule has 21 heavy (non-hydrogen) atoms. The van der Waals surface area contributed by atoms with E-state index in [0.717, 1.165) is 21.0 Å². The molecule has 0 amide bonds. The van der Waals surface area contributed by atoms with Gasteiger partial charge >= 0.3 is 0 Å². The van der Waals surface area contributed by atoms with Crippen molar-refractivity contribution >= 4 is 67.0 Å². The summed E-state index contributed by atoms with van der Waals surface area (Å²) >= 11 is 5.02. The van der Waals surface area contributed by atoms with Gasteiger partial charge in [0.25, 0.3) is 5.23 Å². The molecule has 0 unspecified atom stereocenters. The Hall–Kier alpha value is -1.11. The van der Waals surface area contributed by atoms with Crippen molar-refractivity contribution < 1.29 is 4.74 Å². The van der Waals surface area contributed by atoms with E-state index in [0.29, 0.717) is 6.61 Å². The second kappa shape index (κ2) is 5.26. The smallest absolute Gasteiger partial charge is 0.255 e. The maximum Gasteiger partial charge on any atom is 0.255 e. The molecule has 106 valence electrons. The van der Waals surface area contributed by atoms with Crippen LogP contribution in [0.2, 0.25) is 0 Å². The Morgan fingerprint density at radius 1 is 1.00 bits per heavy atom. The number of thioether (sulfide) groups is 3. The number of ether oxygens (including phenoxy) is 1. The minimum atomic E-state index is 0.637.